The molecule has 2 aromatic carbocycles. The van der Waals surface area contributed by atoms with Crippen LogP contribution in [0.2, 0.25) is 0 Å². The van der Waals surface area contributed by atoms with Crippen molar-refractivity contribution in [3.63, 3.8) is 0 Å². The van der Waals surface area contributed by atoms with E-state index in [2.05, 4.69) is 5.32 Å². The average molecular weight is 430 g/mol. The van der Waals surface area contributed by atoms with Gasteiger partial charge in [-0.3, -0.25) is 19.7 Å². The monoisotopic (exact) mass is 430 g/mol. The highest BCUT2D eigenvalue weighted by molar-refractivity contribution is 6.05. The predicted octanol–water partition coefficient (Wildman–Crippen LogP) is 3.60. The average Bonchev–Trinajstić information content (AvgIpc) is 3.38. The minimum atomic E-state index is -0.650. The van der Waals surface area contributed by atoms with Crippen LogP contribution in [-0.2, 0) is 22.7 Å². The Kier molecular flexibility index (Phi) is 5.01. The maximum atomic E-state index is 12.9. The van der Waals surface area contributed by atoms with Crippen LogP contribution in [0.15, 0.2) is 59.0 Å². The van der Waals surface area contributed by atoms with Crippen molar-refractivity contribution in [2.24, 2.45) is 0 Å². The summed E-state index contributed by atoms with van der Waals surface area (Å²) in [6.45, 7) is 2.52. The fourth-order valence-corrected chi connectivity index (χ4v) is 4.17. The van der Waals surface area contributed by atoms with E-state index in [0.717, 1.165) is 16.9 Å². The number of rotatable bonds is 5. The summed E-state index contributed by atoms with van der Waals surface area (Å²) in [6, 6.07) is 16.5. The summed E-state index contributed by atoms with van der Waals surface area (Å²) in [4.78, 5) is 38.1. The largest absolute Gasteiger partial charge is 0.485 e. The van der Waals surface area contributed by atoms with E-state index in [-0.39, 0.29) is 31.4 Å². The molecule has 162 valence electrons. The van der Waals surface area contributed by atoms with Crippen molar-refractivity contribution in [2.75, 3.05) is 0 Å². The molecule has 7 heteroatoms. The molecule has 0 aliphatic carbocycles. The van der Waals surface area contributed by atoms with Gasteiger partial charge in [-0.05, 0) is 37.6 Å². The standard InChI is InChI=1S/C25H22N2O5/c1-15-5-7-16(8-6-15)21-11-9-17(32-21)14-31-22-4-2-3-18-19(22)13-27(25(18)30)20-10-12-23(28)26-24(20)29/h2-9,11,20H,10,12-14H2,1H3,(H,26,28,29). The van der Waals surface area contributed by atoms with Crippen molar-refractivity contribution in [3.05, 3.63) is 77.0 Å². The predicted molar refractivity (Wildman–Crippen MR) is 116 cm³/mol. The Balaban J connectivity index is 1.31. The van der Waals surface area contributed by atoms with Gasteiger partial charge in [-0.25, -0.2) is 0 Å². The van der Waals surface area contributed by atoms with Crippen molar-refractivity contribution in [1.29, 1.82) is 0 Å². The Morgan fingerprint density at radius 2 is 1.88 bits per heavy atom. The van der Waals surface area contributed by atoms with Gasteiger partial charge in [0.05, 0.1) is 6.54 Å². The van der Waals surface area contributed by atoms with Gasteiger partial charge in [0.25, 0.3) is 5.91 Å². The SMILES string of the molecule is Cc1ccc(-c2ccc(COc3cccc4c3CN(C3CCC(=O)NC3=O)C4=O)o2)cc1. The van der Waals surface area contributed by atoms with Gasteiger partial charge in [0, 0.05) is 23.1 Å². The molecule has 1 N–H and O–H groups in total. The third-order valence-electron chi connectivity index (χ3n) is 5.91. The summed E-state index contributed by atoms with van der Waals surface area (Å²) < 4.78 is 11.9. The summed E-state index contributed by atoms with van der Waals surface area (Å²) in [5.74, 6) is 1.07. The van der Waals surface area contributed by atoms with Crippen molar-refractivity contribution in [3.8, 4) is 17.1 Å². The van der Waals surface area contributed by atoms with Gasteiger partial charge >= 0.3 is 0 Å². The van der Waals surface area contributed by atoms with Crippen LogP contribution < -0.4 is 10.1 Å². The number of furan rings is 1. The summed E-state index contributed by atoms with van der Waals surface area (Å²) in [6.07, 6.45) is 0.552. The minimum Gasteiger partial charge on any atom is -0.485 e. The van der Waals surface area contributed by atoms with Crippen LogP contribution in [0.3, 0.4) is 0 Å². The van der Waals surface area contributed by atoms with Crippen molar-refractivity contribution < 1.29 is 23.5 Å². The van der Waals surface area contributed by atoms with E-state index < -0.39 is 11.9 Å². The molecule has 1 aromatic heterocycles. The number of ether oxygens (including phenoxy) is 1. The first-order chi connectivity index (χ1) is 15.5. The van der Waals surface area contributed by atoms with Crippen molar-refractivity contribution in [2.45, 2.75) is 39.0 Å². The highest BCUT2D eigenvalue weighted by Gasteiger charge is 2.40. The lowest BCUT2D eigenvalue weighted by molar-refractivity contribution is -0.136. The first-order valence-electron chi connectivity index (χ1n) is 10.5. The number of amides is 3. The number of fused-ring (bicyclic) bond motifs is 1. The van der Waals surface area contributed by atoms with E-state index in [9.17, 15) is 14.4 Å². The van der Waals surface area contributed by atoms with E-state index >= 15 is 0 Å². The smallest absolute Gasteiger partial charge is 0.255 e. The number of piperidine rings is 1. The van der Waals surface area contributed by atoms with Gasteiger partial charge < -0.3 is 14.1 Å². The van der Waals surface area contributed by atoms with Gasteiger partial charge in [-0.2, -0.15) is 0 Å². The third kappa shape index (κ3) is 3.66. The molecular formula is C25H22N2O5. The van der Waals surface area contributed by atoms with E-state index in [0.29, 0.717) is 23.5 Å². The van der Waals surface area contributed by atoms with Crippen LogP contribution in [0.4, 0.5) is 0 Å². The number of hydrogen-bond donors (Lipinski definition) is 1. The molecule has 1 fully saturated rings. The van der Waals surface area contributed by atoms with Gasteiger partial charge in [0.2, 0.25) is 11.8 Å². The fraction of sp³-hybridized carbons (Fsp3) is 0.240. The van der Waals surface area contributed by atoms with Gasteiger partial charge in [-0.1, -0.05) is 35.9 Å². The molecule has 0 radical (unpaired) electrons. The first kappa shape index (κ1) is 20.1. The van der Waals surface area contributed by atoms with Gasteiger partial charge in [0.1, 0.15) is 29.9 Å². The lowest BCUT2D eigenvalue weighted by atomic mass is 10.0. The topological polar surface area (TPSA) is 88.9 Å². The van der Waals surface area contributed by atoms with E-state index in [4.69, 9.17) is 9.15 Å². The highest BCUT2D eigenvalue weighted by Crippen LogP contribution is 2.34. The number of nitrogens with one attached hydrogen (secondary N) is 1. The minimum absolute atomic E-state index is 0.217. The second kappa shape index (κ2) is 8.00. The number of carbonyl (C=O) groups is 3. The number of nitrogens with zero attached hydrogens (tertiary/aromatic N) is 1. The molecule has 2 aliphatic rings. The molecule has 2 aliphatic heterocycles. The van der Waals surface area contributed by atoms with Crippen LogP contribution in [0.1, 0.15) is 40.1 Å². The molecule has 1 unspecified atom stereocenters. The molecule has 3 heterocycles. The second-order valence-corrected chi connectivity index (χ2v) is 8.10. The molecule has 3 amide bonds. The zero-order valence-electron chi connectivity index (χ0n) is 17.6. The Morgan fingerprint density at radius 1 is 1.06 bits per heavy atom. The zero-order chi connectivity index (χ0) is 22.2. The zero-order valence-corrected chi connectivity index (χ0v) is 17.6. The lowest BCUT2D eigenvalue weighted by Gasteiger charge is -2.29. The van der Waals surface area contributed by atoms with Crippen molar-refractivity contribution in [1.82, 2.24) is 10.2 Å². The molecule has 0 spiro atoms. The molecule has 0 bridgehead atoms. The van der Waals surface area contributed by atoms with E-state index in [1.807, 2.05) is 49.4 Å². The van der Waals surface area contributed by atoms with E-state index in [1.54, 1.807) is 12.1 Å². The summed E-state index contributed by atoms with van der Waals surface area (Å²) in [5, 5.41) is 2.32. The lowest BCUT2D eigenvalue weighted by Crippen LogP contribution is -2.52. The highest BCUT2D eigenvalue weighted by atomic mass is 16.5. The Labute approximate surface area is 185 Å². The number of imide groups is 1. The maximum absolute atomic E-state index is 12.9. The Bertz CT molecular complexity index is 1210. The van der Waals surface area contributed by atoms with Crippen LogP contribution in [0.5, 0.6) is 5.75 Å². The molecule has 0 saturated carbocycles. The van der Waals surface area contributed by atoms with Crippen LogP contribution >= 0.6 is 0 Å². The summed E-state index contributed by atoms with van der Waals surface area (Å²) in [7, 11) is 0. The molecule has 1 saturated heterocycles. The third-order valence-corrected chi connectivity index (χ3v) is 5.91. The number of aryl methyl sites for hydroxylation is 1. The molecule has 5 rings (SSSR count). The van der Waals surface area contributed by atoms with Crippen LogP contribution in [0.25, 0.3) is 11.3 Å². The summed E-state index contributed by atoms with van der Waals surface area (Å²) >= 11 is 0. The first-order valence-corrected chi connectivity index (χ1v) is 10.5. The molecular weight excluding hydrogens is 408 g/mol. The molecule has 32 heavy (non-hydrogen) atoms. The van der Waals surface area contributed by atoms with Crippen molar-refractivity contribution >= 4 is 17.7 Å². The second-order valence-electron chi connectivity index (χ2n) is 8.10. The number of hydrogen-bond acceptors (Lipinski definition) is 5. The molecule has 1 atom stereocenters. The van der Waals surface area contributed by atoms with Gasteiger partial charge in [0.15, 0.2) is 0 Å². The summed E-state index contributed by atoms with van der Waals surface area (Å²) in [5.41, 5.74) is 3.44. The Morgan fingerprint density at radius 3 is 2.66 bits per heavy atom. The quantitative estimate of drug-likeness (QED) is 0.625. The van der Waals surface area contributed by atoms with Crippen LogP contribution in [0, 0.1) is 6.92 Å². The maximum Gasteiger partial charge on any atom is 0.255 e. The molecule has 3 aromatic rings. The van der Waals surface area contributed by atoms with Gasteiger partial charge in [-0.15, -0.1) is 0 Å². The fourth-order valence-electron chi connectivity index (χ4n) is 4.17. The van der Waals surface area contributed by atoms with Crippen LogP contribution in [-0.4, -0.2) is 28.7 Å². The van der Waals surface area contributed by atoms with E-state index in [1.165, 1.54) is 10.5 Å². The Hall–Kier alpha value is -3.87. The normalized spacial score (nSPS) is 18.0. The molecule has 7 nitrogen and oxygen atoms in total. The number of benzene rings is 2. The number of carbonyl (C=O) groups excluding carboxylic acids is 3.